The molecule has 1 aromatic rings. The SMILES string of the molecule is Cc1cc(C(=O)N2CCC(C)(C)CC2)cc(S(N)(=O)=O)c1. The maximum absolute atomic E-state index is 12.5. The molecule has 0 unspecified atom stereocenters. The number of sulfonamides is 1. The largest absolute Gasteiger partial charge is 0.339 e. The highest BCUT2D eigenvalue weighted by molar-refractivity contribution is 7.89. The second-order valence-corrected chi connectivity index (χ2v) is 8.10. The van der Waals surface area contributed by atoms with Gasteiger partial charge in [-0.1, -0.05) is 13.8 Å². The van der Waals surface area contributed by atoms with Crippen molar-refractivity contribution in [3.05, 3.63) is 29.3 Å². The average molecular weight is 310 g/mol. The summed E-state index contributed by atoms with van der Waals surface area (Å²) < 4.78 is 22.9. The fourth-order valence-electron chi connectivity index (χ4n) is 2.53. The Morgan fingerprint density at radius 2 is 1.76 bits per heavy atom. The van der Waals surface area contributed by atoms with Gasteiger partial charge in [0.05, 0.1) is 4.90 Å². The number of likely N-dealkylation sites (tertiary alicyclic amines) is 1. The number of carbonyl (C=O) groups excluding carboxylic acids is 1. The molecular formula is C15H22N2O3S. The highest BCUT2D eigenvalue weighted by Crippen LogP contribution is 2.30. The quantitative estimate of drug-likeness (QED) is 0.906. The normalized spacial score (nSPS) is 18.6. The van der Waals surface area contributed by atoms with E-state index in [4.69, 9.17) is 5.14 Å². The zero-order chi connectivity index (χ0) is 15.8. The van der Waals surface area contributed by atoms with E-state index in [-0.39, 0.29) is 16.2 Å². The van der Waals surface area contributed by atoms with Crippen LogP contribution >= 0.6 is 0 Å². The van der Waals surface area contributed by atoms with E-state index in [2.05, 4.69) is 13.8 Å². The lowest BCUT2D eigenvalue weighted by Crippen LogP contribution is -2.41. The minimum absolute atomic E-state index is 0.0109. The number of rotatable bonds is 2. The molecule has 0 spiro atoms. The Balaban J connectivity index is 2.26. The van der Waals surface area contributed by atoms with Gasteiger partial charge in [-0.25, -0.2) is 13.6 Å². The lowest BCUT2D eigenvalue weighted by molar-refractivity contribution is 0.0630. The van der Waals surface area contributed by atoms with E-state index in [9.17, 15) is 13.2 Å². The molecule has 0 atom stereocenters. The van der Waals surface area contributed by atoms with Crippen LogP contribution < -0.4 is 5.14 Å². The molecule has 2 N–H and O–H groups in total. The van der Waals surface area contributed by atoms with Crippen LogP contribution in [-0.4, -0.2) is 32.3 Å². The van der Waals surface area contributed by atoms with Crippen molar-refractivity contribution >= 4 is 15.9 Å². The molecule has 1 saturated heterocycles. The van der Waals surface area contributed by atoms with E-state index < -0.39 is 10.0 Å². The third kappa shape index (κ3) is 3.83. The zero-order valence-electron chi connectivity index (χ0n) is 12.7. The molecule has 1 aliphatic heterocycles. The number of piperidine rings is 1. The Morgan fingerprint density at radius 1 is 1.19 bits per heavy atom. The minimum Gasteiger partial charge on any atom is -0.339 e. The van der Waals surface area contributed by atoms with Gasteiger partial charge in [0.1, 0.15) is 0 Å². The average Bonchev–Trinajstić information content (AvgIpc) is 2.36. The molecule has 0 bridgehead atoms. The number of benzene rings is 1. The van der Waals surface area contributed by atoms with E-state index >= 15 is 0 Å². The predicted molar refractivity (Wildman–Crippen MR) is 81.5 cm³/mol. The van der Waals surface area contributed by atoms with Gasteiger partial charge in [-0.15, -0.1) is 0 Å². The van der Waals surface area contributed by atoms with E-state index in [1.807, 2.05) is 0 Å². The van der Waals surface area contributed by atoms with Crippen LogP contribution in [0.1, 0.15) is 42.6 Å². The van der Waals surface area contributed by atoms with Gasteiger partial charge in [-0.3, -0.25) is 4.79 Å². The van der Waals surface area contributed by atoms with Crippen LogP contribution in [0.2, 0.25) is 0 Å². The lowest BCUT2D eigenvalue weighted by Gasteiger charge is -2.37. The summed E-state index contributed by atoms with van der Waals surface area (Å²) in [6.45, 7) is 7.54. The number of carbonyl (C=O) groups is 1. The topological polar surface area (TPSA) is 80.5 Å². The van der Waals surface area contributed by atoms with Crippen LogP contribution in [0.3, 0.4) is 0 Å². The number of nitrogens with zero attached hydrogens (tertiary/aromatic N) is 1. The molecule has 1 aliphatic rings. The Labute approximate surface area is 126 Å². The molecule has 6 heteroatoms. The zero-order valence-corrected chi connectivity index (χ0v) is 13.5. The summed E-state index contributed by atoms with van der Waals surface area (Å²) in [6.07, 6.45) is 1.90. The second-order valence-electron chi connectivity index (χ2n) is 6.54. The number of hydrogen-bond acceptors (Lipinski definition) is 3. The number of hydrogen-bond donors (Lipinski definition) is 1. The number of aryl methyl sites for hydroxylation is 1. The van der Waals surface area contributed by atoms with Crippen LogP contribution in [0, 0.1) is 12.3 Å². The van der Waals surface area contributed by atoms with Crippen molar-refractivity contribution < 1.29 is 13.2 Å². The summed E-state index contributed by atoms with van der Waals surface area (Å²) in [5.74, 6) is -0.126. The number of primary sulfonamides is 1. The van der Waals surface area contributed by atoms with Gasteiger partial charge in [-0.2, -0.15) is 0 Å². The molecule has 1 fully saturated rings. The van der Waals surface area contributed by atoms with Crippen molar-refractivity contribution in [2.24, 2.45) is 10.6 Å². The lowest BCUT2D eigenvalue weighted by atomic mass is 9.82. The van der Waals surface area contributed by atoms with Gasteiger partial charge in [-0.05, 0) is 48.9 Å². The number of amides is 1. The smallest absolute Gasteiger partial charge is 0.253 e. The van der Waals surface area contributed by atoms with Gasteiger partial charge in [0.15, 0.2) is 0 Å². The molecule has 1 amide bonds. The van der Waals surface area contributed by atoms with Crippen LogP contribution in [0.5, 0.6) is 0 Å². The van der Waals surface area contributed by atoms with E-state index in [1.165, 1.54) is 12.1 Å². The first-order valence-corrected chi connectivity index (χ1v) is 8.57. The summed E-state index contributed by atoms with van der Waals surface area (Å²) >= 11 is 0. The Hall–Kier alpha value is -1.40. The van der Waals surface area contributed by atoms with Crippen molar-refractivity contribution in [2.75, 3.05) is 13.1 Å². The molecule has 116 valence electrons. The second kappa shape index (κ2) is 5.42. The Kier molecular flexibility index (Phi) is 4.13. The minimum atomic E-state index is -3.80. The number of nitrogens with two attached hydrogens (primary N) is 1. The summed E-state index contributed by atoms with van der Waals surface area (Å²) in [5.41, 5.74) is 1.36. The molecule has 0 aliphatic carbocycles. The summed E-state index contributed by atoms with van der Waals surface area (Å²) in [5, 5.41) is 5.16. The fourth-order valence-corrected chi connectivity index (χ4v) is 3.17. The predicted octanol–water partition coefficient (Wildman–Crippen LogP) is 1.90. The van der Waals surface area contributed by atoms with Gasteiger partial charge in [0.25, 0.3) is 5.91 Å². The monoisotopic (exact) mass is 310 g/mol. The third-order valence-electron chi connectivity index (χ3n) is 4.03. The van der Waals surface area contributed by atoms with Gasteiger partial charge >= 0.3 is 0 Å². The molecule has 2 rings (SSSR count). The molecule has 1 aromatic carbocycles. The first-order chi connectivity index (χ1) is 9.58. The highest BCUT2D eigenvalue weighted by Gasteiger charge is 2.28. The first kappa shape index (κ1) is 16.0. The van der Waals surface area contributed by atoms with Crippen molar-refractivity contribution in [2.45, 2.75) is 38.5 Å². The molecule has 21 heavy (non-hydrogen) atoms. The molecule has 0 radical (unpaired) electrons. The first-order valence-electron chi connectivity index (χ1n) is 7.02. The standard InChI is InChI=1S/C15H22N2O3S/c1-11-8-12(10-13(9-11)21(16,19)20)14(18)17-6-4-15(2,3)5-7-17/h8-10H,4-7H2,1-3H3,(H2,16,19,20). The van der Waals surface area contributed by atoms with E-state index in [1.54, 1.807) is 17.9 Å². The van der Waals surface area contributed by atoms with Crippen LogP contribution in [0.15, 0.2) is 23.1 Å². The Bertz CT molecular complexity index is 655. The molecule has 0 aromatic heterocycles. The van der Waals surface area contributed by atoms with Crippen molar-refractivity contribution in [3.63, 3.8) is 0 Å². The molecule has 1 heterocycles. The maximum Gasteiger partial charge on any atom is 0.253 e. The van der Waals surface area contributed by atoms with Crippen molar-refractivity contribution in [1.82, 2.24) is 4.90 Å². The molecule has 0 saturated carbocycles. The fraction of sp³-hybridized carbons (Fsp3) is 0.533. The highest BCUT2D eigenvalue weighted by atomic mass is 32.2. The van der Waals surface area contributed by atoms with Gasteiger partial charge < -0.3 is 4.90 Å². The maximum atomic E-state index is 12.5. The van der Waals surface area contributed by atoms with E-state index in [0.717, 1.165) is 12.8 Å². The van der Waals surface area contributed by atoms with Crippen molar-refractivity contribution in [1.29, 1.82) is 0 Å². The molecule has 5 nitrogen and oxygen atoms in total. The van der Waals surface area contributed by atoms with Crippen molar-refractivity contribution in [3.8, 4) is 0 Å². The van der Waals surface area contributed by atoms with Gasteiger partial charge in [0, 0.05) is 18.7 Å². The van der Waals surface area contributed by atoms with Gasteiger partial charge in [0.2, 0.25) is 10.0 Å². The summed E-state index contributed by atoms with van der Waals surface area (Å²) in [6, 6.07) is 4.55. The van der Waals surface area contributed by atoms with Crippen LogP contribution in [0.4, 0.5) is 0 Å². The Morgan fingerprint density at radius 3 is 2.29 bits per heavy atom. The third-order valence-corrected chi connectivity index (χ3v) is 4.92. The van der Waals surface area contributed by atoms with E-state index in [0.29, 0.717) is 24.2 Å². The van der Waals surface area contributed by atoms with Crippen LogP contribution in [-0.2, 0) is 10.0 Å². The summed E-state index contributed by atoms with van der Waals surface area (Å²) in [4.78, 5) is 14.3. The molecular weight excluding hydrogens is 288 g/mol. The summed E-state index contributed by atoms with van der Waals surface area (Å²) in [7, 11) is -3.80. The van der Waals surface area contributed by atoms with Crippen LogP contribution in [0.25, 0.3) is 0 Å².